The van der Waals surface area contributed by atoms with E-state index in [2.05, 4.69) is 11.2 Å². The molecule has 1 aliphatic heterocycles. The Labute approximate surface area is 93.6 Å². The number of nitrogens with zero attached hydrogens (tertiary/aromatic N) is 2. The molecule has 0 amide bonds. The number of aromatic nitrogens is 2. The van der Waals surface area contributed by atoms with Crippen molar-refractivity contribution in [2.75, 3.05) is 12.3 Å². The fourth-order valence-electron chi connectivity index (χ4n) is 2.13. The molecule has 2 heterocycles. The fourth-order valence-corrected chi connectivity index (χ4v) is 2.13. The predicted octanol–water partition coefficient (Wildman–Crippen LogP) is 1.60. The molecule has 1 aromatic heterocycles. The van der Waals surface area contributed by atoms with Crippen LogP contribution in [0.1, 0.15) is 5.56 Å². The monoisotopic (exact) mass is 215 g/mol. The molecule has 0 radical (unpaired) electrons. The Bertz CT molecular complexity index is 545. The van der Waals surface area contributed by atoms with Gasteiger partial charge in [0.25, 0.3) is 0 Å². The number of hydrogen-bond acceptors (Lipinski definition) is 3. The van der Waals surface area contributed by atoms with Gasteiger partial charge in [0.1, 0.15) is 11.6 Å². The normalized spacial score (nSPS) is 13.6. The summed E-state index contributed by atoms with van der Waals surface area (Å²) in [6, 6.07) is 6.06. The van der Waals surface area contributed by atoms with Crippen LogP contribution in [0.3, 0.4) is 0 Å². The van der Waals surface area contributed by atoms with Crippen molar-refractivity contribution in [3.05, 3.63) is 30.0 Å². The summed E-state index contributed by atoms with van der Waals surface area (Å²) in [5.41, 5.74) is 9.36. The molecule has 16 heavy (non-hydrogen) atoms. The Morgan fingerprint density at radius 2 is 2.25 bits per heavy atom. The van der Waals surface area contributed by atoms with Crippen LogP contribution in [0, 0.1) is 0 Å². The van der Waals surface area contributed by atoms with Crippen LogP contribution in [0.25, 0.3) is 11.1 Å². The average molecular weight is 215 g/mol. The van der Waals surface area contributed by atoms with Crippen molar-refractivity contribution >= 4 is 5.82 Å². The van der Waals surface area contributed by atoms with Crippen LogP contribution in [-0.2, 0) is 13.5 Å². The van der Waals surface area contributed by atoms with Crippen molar-refractivity contribution < 1.29 is 4.74 Å². The Kier molecular flexibility index (Phi) is 1.89. The minimum absolute atomic E-state index is 0.695. The van der Waals surface area contributed by atoms with E-state index >= 15 is 0 Å². The number of rotatable bonds is 1. The third kappa shape index (κ3) is 1.19. The first-order valence-corrected chi connectivity index (χ1v) is 5.30. The molecule has 0 atom stereocenters. The van der Waals surface area contributed by atoms with Gasteiger partial charge in [0.2, 0.25) is 0 Å². The molecule has 0 fully saturated rings. The van der Waals surface area contributed by atoms with Crippen molar-refractivity contribution in [2.24, 2.45) is 7.05 Å². The summed E-state index contributed by atoms with van der Waals surface area (Å²) in [6.07, 6.45) is 2.75. The number of hydrogen-bond donors (Lipinski definition) is 1. The molecular formula is C12H13N3O. The number of aryl methyl sites for hydroxylation is 1. The van der Waals surface area contributed by atoms with E-state index in [1.165, 1.54) is 5.56 Å². The van der Waals surface area contributed by atoms with Crippen molar-refractivity contribution in [2.45, 2.75) is 6.42 Å². The van der Waals surface area contributed by atoms with Crippen LogP contribution in [0.5, 0.6) is 5.75 Å². The highest BCUT2D eigenvalue weighted by atomic mass is 16.5. The molecule has 0 spiro atoms. The number of fused-ring (bicyclic) bond motifs is 1. The maximum absolute atomic E-state index is 5.99. The summed E-state index contributed by atoms with van der Waals surface area (Å²) in [6.45, 7) is 0.756. The van der Waals surface area contributed by atoms with Crippen molar-refractivity contribution in [1.29, 1.82) is 0 Å². The van der Waals surface area contributed by atoms with E-state index in [-0.39, 0.29) is 0 Å². The zero-order valence-electron chi connectivity index (χ0n) is 9.10. The molecule has 1 aromatic carbocycles. The number of nitrogen functional groups attached to an aromatic ring is 1. The van der Waals surface area contributed by atoms with E-state index in [1.807, 2.05) is 25.4 Å². The summed E-state index contributed by atoms with van der Waals surface area (Å²) in [4.78, 5) is 0. The molecule has 82 valence electrons. The van der Waals surface area contributed by atoms with Crippen LogP contribution in [-0.4, -0.2) is 16.4 Å². The van der Waals surface area contributed by atoms with Crippen molar-refractivity contribution in [3.63, 3.8) is 0 Å². The fraction of sp³-hybridized carbons (Fsp3) is 0.250. The van der Waals surface area contributed by atoms with E-state index in [9.17, 15) is 0 Å². The van der Waals surface area contributed by atoms with Gasteiger partial charge in [-0.15, -0.1) is 0 Å². The third-order valence-corrected chi connectivity index (χ3v) is 3.02. The average Bonchev–Trinajstić information content (AvgIpc) is 2.87. The second kappa shape index (κ2) is 3.27. The van der Waals surface area contributed by atoms with Gasteiger partial charge in [0.05, 0.1) is 12.8 Å². The highest BCUT2D eigenvalue weighted by Gasteiger charge is 2.19. The molecule has 4 nitrogen and oxygen atoms in total. The van der Waals surface area contributed by atoms with Crippen LogP contribution >= 0.6 is 0 Å². The second-order valence-corrected chi connectivity index (χ2v) is 3.95. The maximum Gasteiger partial charge on any atom is 0.129 e. The lowest BCUT2D eigenvalue weighted by atomic mass is 10.00. The van der Waals surface area contributed by atoms with Crippen LogP contribution in [0.2, 0.25) is 0 Å². The van der Waals surface area contributed by atoms with Gasteiger partial charge in [0, 0.05) is 24.6 Å². The van der Waals surface area contributed by atoms with E-state index in [0.29, 0.717) is 5.82 Å². The molecule has 2 N–H and O–H groups in total. The number of nitrogens with two attached hydrogens (primary N) is 1. The molecular weight excluding hydrogens is 202 g/mol. The smallest absolute Gasteiger partial charge is 0.129 e. The van der Waals surface area contributed by atoms with Gasteiger partial charge in [-0.3, -0.25) is 4.68 Å². The van der Waals surface area contributed by atoms with Crippen LogP contribution < -0.4 is 10.5 Å². The van der Waals surface area contributed by atoms with E-state index in [1.54, 1.807) is 4.68 Å². The summed E-state index contributed by atoms with van der Waals surface area (Å²) in [5, 5.41) is 4.17. The van der Waals surface area contributed by atoms with Gasteiger partial charge >= 0.3 is 0 Å². The maximum atomic E-state index is 5.99. The first-order valence-electron chi connectivity index (χ1n) is 5.30. The predicted molar refractivity (Wildman–Crippen MR) is 62.3 cm³/mol. The summed E-state index contributed by atoms with van der Waals surface area (Å²) in [7, 11) is 1.85. The SMILES string of the molecule is Cn1ncc(-c2cccc3c2CCO3)c1N. The molecule has 3 rings (SSSR count). The molecule has 0 saturated carbocycles. The lowest BCUT2D eigenvalue weighted by Gasteiger charge is -2.06. The molecule has 0 aliphatic carbocycles. The highest BCUT2D eigenvalue weighted by molar-refractivity contribution is 5.78. The van der Waals surface area contributed by atoms with E-state index in [0.717, 1.165) is 29.9 Å². The molecule has 4 heteroatoms. The van der Waals surface area contributed by atoms with Crippen LogP contribution in [0.4, 0.5) is 5.82 Å². The topological polar surface area (TPSA) is 53.1 Å². The Balaban J connectivity index is 2.21. The molecule has 0 bridgehead atoms. The van der Waals surface area contributed by atoms with Gasteiger partial charge in [-0.05, 0) is 11.6 Å². The van der Waals surface area contributed by atoms with Crippen molar-refractivity contribution in [3.8, 4) is 16.9 Å². The van der Waals surface area contributed by atoms with Gasteiger partial charge in [-0.1, -0.05) is 12.1 Å². The van der Waals surface area contributed by atoms with E-state index in [4.69, 9.17) is 10.5 Å². The molecule has 2 aromatic rings. The Morgan fingerprint density at radius 3 is 3.00 bits per heavy atom. The zero-order chi connectivity index (χ0) is 11.1. The lowest BCUT2D eigenvalue weighted by molar-refractivity contribution is 0.357. The lowest BCUT2D eigenvalue weighted by Crippen LogP contribution is -1.98. The minimum Gasteiger partial charge on any atom is -0.493 e. The molecule has 1 aliphatic rings. The van der Waals surface area contributed by atoms with E-state index < -0.39 is 0 Å². The zero-order valence-corrected chi connectivity index (χ0v) is 9.10. The molecule has 0 saturated heterocycles. The van der Waals surface area contributed by atoms with Crippen molar-refractivity contribution in [1.82, 2.24) is 9.78 Å². The standard InChI is InChI=1S/C12H13N3O/c1-15-12(13)10(7-14-15)8-3-2-4-11-9(8)5-6-16-11/h2-4,7H,5-6,13H2,1H3. The first-order chi connectivity index (χ1) is 7.77. The van der Waals surface area contributed by atoms with Gasteiger partial charge in [0.15, 0.2) is 0 Å². The highest BCUT2D eigenvalue weighted by Crippen LogP contribution is 2.36. The van der Waals surface area contributed by atoms with Gasteiger partial charge in [-0.2, -0.15) is 5.10 Å². The minimum atomic E-state index is 0.695. The van der Waals surface area contributed by atoms with Gasteiger partial charge in [-0.25, -0.2) is 0 Å². The quantitative estimate of drug-likeness (QED) is 0.786. The van der Waals surface area contributed by atoms with Gasteiger partial charge < -0.3 is 10.5 Å². The molecule has 0 unspecified atom stereocenters. The largest absolute Gasteiger partial charge is 0.493 e. The third-order valence-electron chi connectivity index (χ3n) is 3.02. The van der Waals surface area contributed by atoms with Crippen LogP contribution in [0.15, 0.2) is 24.4 Å². The Hall–Kier alpha value is -1.97. The Morgan fingerprint density at radius 1 is 1.38 bits per heavy atom. The summed E-state index contributed by atoms with van der Waals surface area (Å²) < 4.78 is 7.22. The second-order valence-electron chi connectivity index (χ2n) is 3.95. The number of anilines is 1. The number of ether oxygens (including phenoxy) is 1. The first kappa shape index (κ1) is 9.27. The summed E-state index contributed by atoms with van der Waals surface area (Å²) in [5.74, 6) is 1.67. The number of benzene rings is 1. The summed E-state index contributed by atoms with van der Waals surface area (Å²) >= 11 is 0.